The Morgan fingerprint density at radius 3 is 2.96 bits per heavy atom. The van der Waals surface area contributed by atoms with E-state index < -0.39 is 0 Å². The molecular weight excluding hydrogens is 304 g/mol. The number of benzene rings is 1. The van der Waals surface area contributed by atoms with E-state index in [1.165, 1.54) is 0 Å². The van der Waals surface area contributed by atoms with Crippen molar-refractivity contribution in [1.29, 1.82) is 0 Å². The first-order valence-electron chi connectivity index (χ1n) is 8.77. The summed E-state index contributed by atoms with van der Waals surface area (Å²) in [5, 5.41) is 0. The Hall–Kier alpha value is -2.08. The Kier molecular flexibility index (Phi) is 5.04. The number of rotatable bonds is 5. The first kappa shape index (κ1) is 16.8. The van der Waals surface area contributed by atoms with Crippen LogP contribution in [0.15, 0.2) is 23.0 Å². The summed E-state index contributed by atoms with van der Waals surface area (Å²) in [6, 6.07) is 6.03. The summed E-state index contributed by atoms with van der Waals surface area (Å²) in [5.74, 6) is 0.659. The summed E-state index contributed by atoms with van der Waals surface area (Å²) in [4.78, 5) is 31.2. The van der Waals surface area contributed by atoms with Gasteiger partial charge in [0.1, 0.15) is 0 Å². The van der Waals surface area contributed by atoms with Crippen LogP contribution in [0.2, 0.25) is 0 Å². The second-order valence-corrected chi connectivity index (χ2v) is 6.91. The molecule has 2 unspecified atom stereocenters. The van der Waals surface area contributed by atoms with Gasteiger partial charge in [-0.1, -0.05) is 6.07 Å². The molecule has 1 saturated heterocycles. The molecule has 0 aliphatic carbocycles. The van der Waals surface area contributed by atoms with Crippen LogP contribution in [0.3, 0.4) is 0 Å². The molecular formula is C18H26N4O2. The minimum Gasteiger partial charge on any atom is -0.342 e. The normalized spacial score (nSPS) is 19.6. The van der Waals surface area contributed by atoms with Gasteiger partial charge in [0.25, 0.3) is 0 Å². The number of imidazole rings is 1. The van der Waals surface area contributed by atoms with Crippen molar-refractivity contribution in [3.8, 4) is 0 Å². The van der Waals surface area contributed by atoms with Crippen LogP contribution in [0.1, 0.15) is 38.2 Å². The molecule has 2 heterocycles. The van der Waals surface area contributed by atoms with E-state index in [-0.39, 0.29) is 17.6 Å². The Morgan fingerprint density at radius 1 is 1.38 bits per heavy atom. The number of H-pyrrole nitrogens is 2. The zero-order valence-corrected chi connectivity index (χ0v) is 14.2. The van der Waals surface area contributed by atoms with Gasteiger partial charge in [0.15, 0.2) is 0 Å². The first-order valence-corrected chi connectivity index (χ1v) is 8.77. The van der Waals surface area contributed by atoms with Crippen LogP contribution < -0.4 is 11.4 Å². The minimum atomic E-state index is -0.189. The number of likely N-dealkylation sites (tertiary alicyclic amines) is 1. The molecule has 1 fully saturated rings. The fraction of sp³-hybridized carbons (Fsp3) is 0.556. The average molecular weight is 330 g/mol. The van der Waals surface area contributed by atoms with Crippen LogP contribution in [-0.4, -0.2) is 39.9 Å². The molecule has 6 nitrogen and oxygen atoms in total. The van der Waals surface area contributed by atoms with Crippen LogP contribution in [0.25, 0.3) is 11.0 Å². The lowest BCUT2D eigenvalue weighted by atomic mass is 9.92. The van der Waals surface area contributed by atoms with E-state index in [4.69, 9.17) is 5.73 Å². The molecule has 2 aromatic rings. The molecule has 130 valence electrons. The maximum Gasteiger partial charge on any atom is 0.323 e. The number of aryl methyl sites for hydroxylation is 1. The maximum atomic E-state index is 12.4. The SMILES string of the molecule is CC(N)C1CCCN(C(=O)CCCc2ccc3[nH]c(=O)[nH]c3c2)C1. The number of amides is 1. The van der Waals surface area contributed by atoms with Gasteiger partial charge in [-0.15, -0.1) is 0 Å². The molecule has 2 atom stereocenters. The van der Waals surface area contributed by atoms with Crippen LogP contribution >= 0.6 is 0 Å². The van der Waals surface area contributed by atoms with Gasteiger partial charge in [-0.3, -0.25) is 4.79 Å². The molecule has 4 N–H and O–H groups in total. The number of nitrogens with zero attached hydrogens (tertiary/aromatic N) is 1. The molecule has 1 aliphatic rings. The lowest BCUT2D eigenvalue weighted by molar-refractivity contribution is -0.133. The molecule has 0 saturated carbocycles. The fourth-order valence-electron chi connectivity index (χ4n) is 3.50. The molecule has 3 rings (SSSR count). The van der Waals surface area contributed by atoms with Gasteiger partial charge in [0, 0.05) is 25.6 Å². The molecule has 0 radical (unpaired) electrons. The van der Waals surface area contributed by atoms with Crippen molar-refractivity contribution in [2.45, 2.75) is 45.1 Å². The lowest BCUT2D eigenvalue weighted by Gasteiger charge is -2.34. The average Bonchev–Trinajstić information content (AvgIpc) is 2.94. The topological polar surface area (TPSA) is 95.0 Å². The van der Waals surface area contributed by atoms with E-state index in [1.807, 2.05) is 30.0 Å². The van der Waals surface area contributed by atoms with Crippen molar-refractivity contribution < 1.29 is 4.79 Å². The van der Waals surface area contributed by atoms with Crippen molar-refractivity contribution in [3.63, 3.8) is 0 Å². The molecule has 6 heteroatoms. The van der Waals surface area contributed by atoms with Crippen LogP contribution in [-0.2, 0) is 11.2 Å². The summed E-state index contributed by atoms with van der Waals surface area (Å²) in [7, 11) is 0. The summed E-state index contributed by atoms with van der Waals surface area (Å²) in [6.07, 6.45) is 4.39. The summed E-state index contributed by atoms with van der Waals surface area (Å²) in [5.41, 5.74) is 8.57. The number of hydrogen-bond donors (Lipinski definition) is 3. The lowest BCUT2D eigenvalue weighted by Crippen LogP contribution is -2.45. The molecule has 1 amide bonds. The number of carbonyl (C=O) groups is 1. The third kappa shape index (κ3) is 3.87. The number of aromatic nitrogens is 2. The molecule has 1 aromatic carbocycles. The smallest absolute Gasteiger partial charge is 0.323 e. The zero-order chi connectivity index (χ0) is 17.1. The third-order valence-electron chi connectivity index (χ3n) is 4.99. The van der Waals surface area contributed by atoms with Gasteiger partial charge in [-0.05, 0) is 56.2 Å². The second kappa shape index (κ2) is 7.21. The van der Waals surface area contributed by atoms with Crippen LogP contribution in [0.4, 0.5) is 0 Å². The third-order valence-corrected chi connectivity index (χ3v) is 4.99. The standard InChI is InChI=1S/C18H26N4O2/c1-12(19)14-5-3-9-22(11-14)17(23)6-2-4-13-7-8-15-16(10-13)21-18(24)20-15/h7-8,10,12,14H,2-6,9,11,19H2,1H3,(H2,20,21,24). The van der Waals surface area contributed by atoms with Gasteiger partial charge in [-0.25, -0.2) is 4.79 Å². The highest BCUT2D eigenvalue weighted by molar-refractivity contribution is 5.76. The van der Waals surface area contributed by atoms with E-state index in [9.17, 15) is 9.59 Å². The predicted molar refractivity (Wildman–Crippen MR) is 94.8 cm³/mol. The Balaban J connectivity index is 1.51. The number of aromatic amines is 2. The van der Waals surface area contributed by atoms with E-state index in [1.54, 1.807) is 0 Å². The number of nitrogens with two attached hydrogens (primary N) is 1. The number of fused-ring (bicyclic) bond motifs is 1. The zero-order valence-electron chi connectivity index (χ0n) is 14.2. The van der Waals surface area contributed by atoms with E-state index in [0.29, 0.717) is 12.3 Å². The van der Waals surface area contributed by atoms with Crippen molar-refractivity contribution in [2.24, 2.45) is 11.7 Å². The fourth-order valence-corrected chi connectivity index (χ4v) is 3.50. The monoisotopic (exact) mass is 330 g/mol. The number of piperidine rings is 1. The Morgan fingerprint density at radius 2 is 2.17 bits per heavy atom. The first-order chi connectivity index (χ1) is 11.5. The maximum absolute atomic E-state index is 12.4. The van der Waals surface area contributed by atoms with Crippen molar-refractivity contribution in [2.75, 3.05) is 13.1 Å². The largest absolute Gasteiger partial charge is 0.342 e. The Labute approximate surface area is 141 Å². The van der Waals surface area contributed by atoms with Gasteiger partial charge in [-0.2, -0.15) is 0 Å². The number of nitrogens with one attached hydrogen (secondary N) is 2. The van der Waals surface area contributed by atoms with Gasteiger partial charge >= 0.3 is 5.69 Å². The van der Waals surface area contributed by atoms with E-state index >= 15 is 0 Å². The summed E-state index contributed by atoms with van der Waals surface area (Å²) >= 11 is 0. The van der Waals surface area contributed by atoms with E-state index in [2.05, 4.69) is 9.97 Å². The highest BCUT2D eigenvalue weighted by atomic mass is 16.2. The molecule has 0 spiro atoms. The highest BCUT2D eigenvalue weighted by Crippen LogP contribution is 2.20. The van der Waals surface area contributed by atoms with E-state index in [0.717, 1.165) is 55.4 Å². The quantitative estimate of drug-likeness (QED) is 0.779. The van der Waals surface area contributed by atoms with Crippen molar-refractivity contribution in [1.82, 2.24) is 14.9 Å². The molecule has 1 aliphatic heterocycles. The van der Waals surface area contributed by atoms with Gasteiger partial charge < -0.3 is 20.6 Å². The van der Waals surface area contributed by atoms with Crippen LogP contribution in [0.5, 0.6) is 0 Å². The Bertz CT molecular complexity index is 762. The minimum absolute atomic E-state index is 0.149. The van der Waals surface area contributed by atoms with Gasteiger partial charge in [0.05, 0.1) is 11.0 Å². The van der Waals surface area contributed by atoms with Crippen LogP contribution in [0, 0.1) is 5.92 Å². The molecule has 1 aromatic heterocycles. The highest BCUT2D eigenvalue weighted by Gasteiger charge is 2.25. The molecule has 0 bridgehead atoms. The second-order valence-electron chi connectivity index (χ2n) is 6.91. The van der Waals surface area contributed by atoms with Crippen molar-refractivity contribution >= 4 is 16.9 Å². The summed E-state index contributed by atoms with van der Waals surface area (Å²) < 4.78 is 0. The number of carbonyl (C=O) groups excluding carboxylic acids is 1. The molecule has 24 heavy (non-hydrogen) atoms. The summed E-state index contributed by atoms with van der Waals surface area (Å²) in [6.45, 7) is 3.69. The predicted octanol–water partition coefficient (Wildman–Crippen LogP) is 1.76. The van der Waals surface area contributed by atoms with Gasteiger partial charge in [0.2, 0.25) is 5.91 Å². The number of hydrogen-bond acceptors (Lipinski definition) is 3. The van der Waals surface area contributed by atoms with Crippen molar-refractivity contribution in [3.05, 3.63) is 34.2 Å².